The number of benzene rings is 1. The Bertz CT molecular complexity index is 1390. The molecule has 4 fully saturated rings. The minimum Gasteiger partial charge on any atom is -0.508 e. The van der Waals surface area contributed by atoms with Crippen LogP contribution in [0.4, 0.5) is 0 Å². The van der Waals surface area contributed by atoms with Gasteiger partial charge in [0.15, 0.2) is 0 Å². The summed E-state index contributed by atoms with van der Waals surface area (Å²) in [5.41, 5.74) is 0.520. The maximum absolute atomic E-state index is 13.3. The first-order chi connectivity index (χ1) is 21.1. The molecule has 0 saturated heterocycles. The molecule has 0 bridgehead atoms. The summed E-state index contributed by atoms with van der Waals surface area (Å²) in [5.74, 6) is 0.422. The standard InChI is InChI=1S/C39H54O6/c1-24-15-20-38(34(43)44)21-22-39(23-45-32(42)14-9-26-7-10-27(40)11-8-26)28(33(38)25(24)2)12-13-30-36(5)18-17-31(41)35(3,4)29(36)16-19-37(30,39)6/h7-12,14,24-25,29-31,33,40-41H,13,15-23H2,1-6H3,(H,43,44)/b14-9+/t24-,25+,29+,30-,31+,33+,36+,37-,38+,39+/m0/s1. The summed E-state index contributed by atoms with van der Waals surface area (Å²) >= 11 is 0. The zero-order valence-corrected chi connectivity index (χ0v) is 28.1. The second kappa shape index (κ2) is 11.0. The number of esters is 1. The van der Waals surface area contributed by atoms with Gasteiger partial charge >= 0.3 is 11.9 Å². The number of aliphatic carboxylic acids is 1. The molecule has 0 spiro atoms. The van der Waals surface area contributed by atoms with Crippen molar-refractivity contribution in [2.45, 2.75) is 105 Å². The molecule has 246 valence electrons. The first-order valence-electron chi connectivity index (χ1n) is 17.4. The number of carbonyl (C=O) groups is 2. The van der Waals surface area contributed by atoms with E-state index in [1.165, 1.54) is 11.6 Å². The van der Waals surface area contributed by atoms with Gasteiger partial charge in [0.25, 0.3) is 0 Å². The molecule has 3 N–H and O–H groups in total. The van der Waals surface area contributed by atoms with Gasteiger partial charge in [0.2, 0.25) is 0 Å². The Kier molecular flexibility index (Phi) is 7.90. The highest BCUT2D eigenvalue weighted by atomic mass is 16.5. The Hall–Kier alpha value is -2.60. The van der Waals surface area contributed by atoms with E-state index in [0.717, 1.165) is 44.1 Å². The molecule has 0 heterocycles. The Labute approximate surface area is 269 Å². The monoisotopic (exact) mass is 618 g/mol. The second-order valence-corrected chi connectivity index (χ2v) is 16.8. The molecule has 5 aliphatic rings. The number of allylic oxidation sites excluding steroid dienone is 1. The van der Waals surface area contributed by atoms with Crippen LogP contribution in [0, 0.1) is 56.7 Å². The highest BCUT2D eigenvalue weighted by Gasteiger charge is 2.71. The van der Waals surface area contributed by atoms with Crippen molar-refractivity contribution in [3.63, 3.8) is 0 Å². The maximum atomic E-state index is 13.3. The van der Waals surface area contributed by atoms with Crippen molar-refractivity contribution in [1.29, 1.82) is 0 Å². The van der Waals surface area contributed by atoms with Crippen LogP contribution < -0.4 is 0 Å². The van der Waals surface area contributed by atoms with E-state index in [2.05, 4.69) is 47.6 Å². The number of hydrogen-bond acceptors (Lipinski definition) is 5. The zero-order valence-electron chi connectivity index (χ0n) is 28.1. The summed E-state index contributed by atoms with van der Waals surface area (Å²) in [6.07, 6.45) is 12.9. The molecule has 0 radical (unpaired) electrons. The number of ether oxygens (including phenoxy) is 1. The highest BCUT2D eigenvalue weighted by Crippen LogP contribution is 2.76. The number of aromatic hydroxyl groups is 1. The van der Waals surface area contributed by atoms with Gasteiger partial charge in [0, 0.05) is 11.5 Å². The highest BCUT2D eigenvalue weighted by molar-refractivity contribution is 5.87. The summed E-state index contributed by atoms with van der Waals surface area (Å²) in [6.45, 7) is 14.2. The van der Waals surface area contributed by atoms with Crippen molar-refractivity contribution < 1.29 is 29.6 Å². The summed E-state index contributed by atoms with van der Waals surface area (Å²) in [7, 11) is 0. The normalized spacial score (nSPS) is 43.7. The van der Waals surface area contributed by atoms with Crippen LogP contribution in [-0.4, -0.2) is 40.0 Å². The van der Waals surface area contributed by atoms with E-state index >= 15 is 0 Å². The van der Waals surface area contributed by atoms with E-state index in [-0.39, 0.29) is 46.5 Å². The summed E-state index contributed by atoms with van der Waals surface area (Å²) in [6, 6.07) is 6.70. The predicted molar refractivity (Wildman–Crippen MR) is 175 cm³/mol. The van der Waals surface area contributed by atoms with Gasteiger partial charge in [-0.2, -0.15) is 0 Å². The summed E-state index contributed by atoms with van der Waals surface area (Å²) in [5, 5.41) is 31.6. The molecule has 0 aromatic heterocycles. The molecule has 0 unspecified atom stereocenters. The van der Waals surface area contributed by atoms with Crippen LogP contribution in [0.15, 0.2) is 42.0 Å². The van der Waals surface area contributed by atoms with Crippen LogP contribution in [0.3, 0.4) is 0 Å². The molecule has 0 aliphatic heterocycles. The molecule has 1 aromatic carbocycles. The van der Waals surface area contributed by atoms with Gasteiger partial charge in [-0.15, -0.1) is 0 Å². The third kappa shape index (κ3) is 4.66. The topological polar surface area (TPSA) is 104 Å². The lowest BCUT2D eigenvalue weighted by molar-refractivity contribution is -0.218. The quantitative estimate of drug-likeness (QED) is 0.175. The Balaban J connectivity index is 1.42. The molecule has 4 saturated carbocycles. The smallest absolute Gasteiger partial charge is 0.330 e. The minimum absolute atomic E-state index is 0.0281. The molecule has 0 amide bonds. The molecule has 5 aliphatic carbocycles. The van der Waals surface area contributed by atoms with Crippen molar-refractivity contribution in [2.24, 2.45) is 56.7 Å². The van der Waals surface area contributed by atoms with Gasteiger partial charge in [0.1, 0.15) is 12.4 Å². The average molecular weight is 619 g/mol. The largest absolute Gasteiger partial charge is 0.508 e. The van der Waals surface area contributed by atoms with E-state index in [4.69, 9.17) is 4.74 Å². The van der Waals surface area contributed by atoms with Gasteiger partial charge in [-0.1, -0.05) is 65.3 Å². The number of fused-ring (bicyclic) bond motifs is 7. The third-order valence-electron chi connectivity index (χ3n) is 14.8. The van der Waals surface area contributed by atoms with Crippen LogP contribution in [0.25, 0.3) is 6.08 Å². The van der Waals surface area contributed by atoms with Crippen molar-refractivity contribution >= 4 is 18.0 Å². The van der Waals surface area contributed by atoms with E-state index in [9.17, 15) is 24.9 Å². The molecule has 10 atom stereocenters. The number of carboxylic acid groups (broad SMARTS) is 1. The molecule has 45 heavy (non-hydrogen) atoms. The van der Waals surface area contributed by atoms with Crippen LogP contribution in [-0.2, 0) is 14.3 Å². The fourth-order valence-corrected chi connectivity index (χ4v) is 12.0. The Morgan fingerprint density at radius 1 is 0.933 bits per heavy atom. The van der Waals surface area contributed by atoms with Crippen LogP contribution >= 0.6 is 0 Å². The average Bonchev–Trinajstić information content (AvgIpc) is 2.99. The van der Waals surface area contributed by atoms with E-state index < -0.39 is 22.8 Å². The molecule has 6 rings (SSSR count). The van der Waals surface area contributed by atoms with Crippen molar-refractivity contribution in [2.75, 3.05) is 6.61 Å². The third-order valence-corrected chi connectivity index (χ3v) is 14.8. The Morgan fingerprint density at radius 3 is 2.33 bits per heavy atom. The molecular weight excluding hydrogens is 564 g/mol. The fourth-order valence-electron chi connectivity index (χ4n) is 12.0. The number of hydrogen-bond donors (Lipinski definition) is 3. The summed E-state index contributed by atoms with van der Waals surface area (Å²) in [4.78, 5) is 26.5. The lowest BCUT2D eigenvalue weighted by atomic mass is 9.33. The number of carboxylic acids is 1. The molecule has 6 nitrogen and oxygen atoms in total. The van der Waals surface area contributed by atoms with E-state index in [1.807, 2.05) is 0 Å². The molecular formula is C39H54O6. The van der Waals surface area contributed by atoms with Gasteiger partial charge in [-0.3, -0.25) is 4.79 Å². The van der Waals surface area contributed by atoms with Crippen LogP contribution in [0.5, 0.6) is 5.75 Å². The Morgan fingerprint density at radius 2 is 1.64 bits per heavy atom. The van der Waals surface area contributed by atoms with Gasteiger partial charge in [-0.25, -0.2) is 4.79 Å². The van der Waals surface area contributed by atoms with Crippen molar-refractivity contribution in [1.82, 2.24) is 0 Å². The van der Waals surface area contributed by atoms with Gasteiger partial charge in [0.05, 0.1) is 11.5 Å². The SMILES string of the molecule is C[C@@H]1[C@@H](C)CC[C@@]2(C(=O)O)CC[C@@]3(COC(=O)/C=C/c4ccc(O)cc4)C(=CC[C@H]4[C@]5(C)CC[C@@H](O)C(C)(C)[C@H]5CC[C@@]43C)[C@@H]12. The van der Waals surface area contributed by atoms with Gasteiger partial charge in [-0.05, 0) is 127 Å². The fraction of sp³-hybridized carbons (Fsp3) is 0.692. The lowest BCUT2D eigenvalue weighted by Gasteiger charge is -2.71. The predicted octanol–water partition coefficient (Wildman–Crippen LogP) is 8.03. The van der Waals surface area contributed by atoms with E-state index in [1.54, 1.807) is 30.3 Å². The number of phenolic OH excluding ortho intramolecular Hbond substituents is 1. The number of rotatable bonds is 5. The van der Waals surface area contributed by atoms with Crippen molar-refractivity contribution in [3.05, 3.63) is 47.6 Å². The minimum atomic E-state index is -0.773. The molecule has 6 heteroatoms. The van der Waals surface area contributed by atoms with E-state index in [0.29, 0.717) is 37.0 Å². The van der Waals surface area contributed by atoms with Crippen LogP contribution in [0.2, 0.25) is 0 Å². The maximum Gasteiger partial charge on any atom is 0.330 e. The number of phenols is 1. The zero-order chi connectivity index (χ0) is 32.6. The number of aliphatic hydroxyl groups excluding tert-OH is 1. The first-order valence-corrected chi connectivity index (χ1v) is 17.4. The van der Waals surface area contributed by atoms with Crippen molar-refractivity contribution in [3.8, 4) is 5.75 Å². The van der Waals surface area contributed by atoms with Crippen LogP contribution in [0.1, 0.15) is 105 Å². The molecule has 1 aromatic rings. The first kappa shape index (κ1) is 32.3. The lowest BCUT2D eigenvalue weighted by Crippen LogP contribution is -2.67. The van der Waals surface area contributed by atoms with Gasteiger partial charge < -0.3 is 20.1 Å². The number of carbonyl (C=O) groups excluding carboxylic acids is 1. The summed E-state index contributed by atoms with van der Waals surface area (Å²) < 4.78 is 6.26. The second-order valence-electron chi connectivity index (χ2n) is 16.8. The number of aliphatic hydroxyl groups is 1.